The molecule has 0 aliphatic carbocycles. The molecular weight excluding hydrogens is 383 g/mol. The van der Waals surface area contributed by atoms with E-state index in [4.69, 9.17) is 13.7 Å². The van der Waals surface area contributed by atoms with Crippen molar-refractivity contribution in [3.05, 3.63) is 59.9 Å². The van der Waals surface area contributed by atoms with Crippen LogP contribution < -0.4 is 5.32 Å². The molecule has 0 spiro atoms. The second-order valence-electron chi connectivity index (χ2n) is 5.41. The highest BCUT2D eigenvalue weighted by Crippen LogP contribution is 2.30. The van der Waals surface area contributed by atoms with Gasteiger partial charge in [0, 0.05) is 5.56 Å². The number of ether oxygens (including phenoxy) is 1. The highest BCUT2D eigenvalue weighted by atomic mass is 19.4. The molecule has 146 valence electrons. The Morgan fingerprint density at radius 1 is 1.14 bits per heavy atom. The molecule has 0 aliphatic rings. The highest BCUT2D eigenvalue weighted by Gasteiger charge is 2.30. The molecule has 0 saturated carbocycles. The zero-order valence-electron chi connectivity index (χ0n) is 14.0. The van der Waals surface area contributed by atoms with Gasteiger partial charge >= 0.3 is 12.1 Å². The molecule has 0 atom stereocenters. The van der Waals surface area contributed by atoms with Crippen LogP contribution in [0.4, 0.5) is 13.2 Å². The summed E-state index contributed by atoms with van der Waals surface area (Å²) in [6.45, 7) is -0.761. The molecule has 0 saturated heterocycles. The van der Waals surface area contributed by atoms with Crippen LogP contribution in [0.5, 0.6) is 0 Å². The van der Waals surface area contributed by atoms with Crippen LogP contribution in [0, 0.1) is 0 Å². The number of benzene rings is 1. The average molecular weight is 395 g/mol. The van der Waals surface area contributed by atoms with E-state index in [1.807, 2.05) is 0 Å². The maximum absolute atomic E-state index is 12.6. The number of furan rings is 1. The molecule has 0 radical (unpaired) electrons. The summed E-state index contributed by atoms with van der Waals surface area (Å²) >= 11 is 0. The molecule has 28 heavy (non-hydrogen) atoms. The first-order valence-electron chi connectivity index (χ1n) is 7.80. The van der Waals surface area contributed by atoms with E-state index in [-0.39, 0.29) is 24.1 Å². The number of hydrogen-bond donors (Lipinski definition) is 1. The topological polar surface area (TPSA) is 107 Å². The van der Waals surface area contributed by atoms with Crippen molar-refractivity contribution < 1.29 is 36.4 Å². The molecule has 0 unspecified atom stereocenters. The fourth-order valence-corrected chi connectivity index (χ4v) is 2.08. The molecular formula is C17H12F3N3O5. The van der Waals surface area contributed by atoms with Gasteiger partial charge in [-0.1, -0.05) is 17.3 Å². The lowest BCUT2D eigenvalue weighted by Crippen LogP contribution is -2.30. The smallest absolute Gasteiger partial charge is 0.416 e. The Balaban J connectivity index is 1.50. The van der Waals surface area contributed by atoms with Crippen molar-refractivity contribution in [1.82, 2.24) is 15.5 Å². The summed E-state index contributed by atoms with van der Waals surface area (Å²) in [6, 6.07) is 7.15. The van der Waals surface area contributed by atoms with Gasteiger partial charge in [-0.05, 0) is 24.3 Å². The number of alkyl halides is 3. The van der Waals surface area contributed by atoms with E-state index in [0.29, 0.717) is 5.56 Å². The van der Waals surface area contributed by atoms with Gasteiger partial charge in [0.05, 0.1) is 11.8 Å². The molecule has 0 fully saturated rings. The molecule has 1 N–H and O–H groups in total. The van der Waals surface area contributed by atoms with E-state index in [0.717, 1.165) is 12.1 Å². The summed E-state index contributed by atoms with van der Waals surface area (Å²) in [6.07, 6.45) is -3.13. The van der Waals surface area contributed by atoms with Crippen molar-refractivity contribution in [2.24, 2.45) is 0 Å². The van der Waals surface area contributed by atoms with Crippen LogP contribution in [0.1, 0.15) is 22.0 Å². The Hall–Kier alpha value is -3.63. The lowest BCUT2D eigenvalue weighted by atomic mass is 10.1. The van der Waals surface area contributed by atoms with Crippen molar-refractivity contribution in [3.63, 3.8) is 0 Å². The third-order valence-corrected chi connectivity index (χ3v) is 3.43. The molecule has 2 aromatic heterocycles. The van der Waals surface area contributed by atoms with Crippen LogP contribution in [-0.4, -0.2) is 28.6 Å². The number of rotatable bonds is 6. The lowest BCUT2D eigenvalue weighted by Gasteiger charge is -2.05. The quantitative estimate of drug-likeness (QED) is 0.640. The van der Waals surface area contributed by atoms with Crippen LogP contribution in [0.15, 0.2) is 51.6 Å². The van der Waals surface area contributed by atoms with Crippen molar-refractivity contribution in [3.8, 4) is 11.4 Å². The second kappa shape index (κ2) is 7.94. The Kier molecular flexibility index (Phi) is 5.43. The Morgan fingerprint density at radius 3 is 2.54 bits per heavy atom. The second-order valence-corrected chi connectivity index (χ2v) is 5.41. The first-order valence-corrected chi connectivity index (χ1v) is 7.80. The summed E-state index contributed by atoms with van der Waals surface area (Å²) in [5.41, 5.74) is -0.495. The Labute approximate surface area is 155 Å². The van der Waals surface area contributed by atoms with E-state index < -0.39 is 30.2 Å². The molecule has 1 amide bonds. The maximum Gasteiger partial charge on any atom is 0.416 e. The summed E-state index contributed by atoms with van der Waals surface area (Å²) < 4.78 is 52.3. The van der Waals surface area contributed by atoms with Gasteiger partial charge < -0.3 is 19.0 Å². The van der Waals surface area contributed by atoms with E-state index in [2.05, 4.69) is 15.5 Å². The molecule has 0 aliphatic heterocycles. The normalized spacial score (nSPS) is 11.2. The number of hydrogen-bond acceptors (Lipinski definition) is 7. The van der Waals surface area contributed by atoms with Crippen LogP contribution in [0.2, 0.25) is 0 Å². The van der Waals surface area contributed by atoms with Crippen LogP contribution in [0.3, 0.4) is 0 Å². The van der Waals surface area contributed by atoms with Crippen LogP contribution in [0.25, 0.3) is 11.4 Å². The first-order chi connectivity index (χ1) is 13.3. The number of nitrogens with one attached hydrogen (secondary N) is 1. The minimum Gasteiger partial charge on any atom is -0.459 e. The van der Waals surface area contributed by atoms with Gasteiger partial charge in [0.1, 0.15) is 6.54 Å². The van der Waals surface area contributed by atoms with Gasteiger partial charge in [-0.25, -0.2) is 0 Å². The number of aromatic nitrogens is 2. The van der Waals surface area contributed by atoms with Gasteiger partial charge in [-0.2, -0.15) is 18.2 Å². The zero-order chi connectivity index (χ0) is 20.1. The predicted octanol–water partition coefficient (Wildman–Crippen LogP) is 2.82. The molecule has 8 nitrogen and oxygen atoms in total. The number of carbonyl (C=O) groups is 2. The summed E-state index contributed by atoms with van der Waals surface area (Å²) in [7, 11) is 0. The summed E-state index contributed by atoms with van der Waals surface area (Å²) in [5, 5.41) is 5.93. The molecule has 11 heteroatoms. The van der Waals surface area contributed by atoms with Gasteiger partial charge in [0.25, 0.3) is 11.8 Å². The molecule has 1 aromatic carbocycles. The van der Waals surface area contributed by atoms with Crippen molar-refractivity contribution in [2.75, 3.05) is 6.54 Å². The monoisotopic (exact) mass is 395 g/mol. The Morgan fingerprint density at radius 2 is 1.89 bits per heavy atom. The summed E-state index contributed by atoms with van der Waals surface area (Å²) in [4.78, 5) is 27.2. The third-order valence-electron chi connectivity index (χ3n) is 3.43. The van der Waals surface area contributed by atoms with Crippen molar-refractivity contribution in [1.29, 1.82) is 0 Å². The largest absolute Gasteiger partial charge is 0.459 e. The number of carbonyl (C=O) groups excluding carboxylic acids is 2. The van der Waals surface area contributed by atoms with Gasteiger partial charge in [0.15, 0.2) is 12.4 Å². The van der Waals surface area contributed by atoms with E-state index >= 15 is 0 Å². The van der Waals surface area contributed by atoms with E-state index in [1.54, 1.807) is 0 Å². The first kappa shape index (κ1) is 19.1. The minimum absolute atomic E-state index is 0.0471. The Bertz CT molecular complexity index is 949. The van der Waals surface area contributed by atoms with E-state index in [9.17, 15) is 22.8 Å². The highest BCUT2D eigenvalue weighted by molar-refractivity contribution is 5.93. The van der Waals surface area contributed by atoms with Crippen molar-refractivity contribution in [2.45, 2.75) is 12.8 Å². The van der Waals surface area contributed by atoms with Crippen LogP contribution in [-0.2, 0) is 22.3 Å². The standard InChI is InChI=1S/C17H12F3N3O5/c18-17(19,20)11-5-3-10(4-6-11)15-22-13(28-23-15)9-27-14(24)8-21-16(25)12-2-1-7-26-12/h1-7H,8-9H2,(H,21,25). The SMILES string of the molecule is O=C(CNC(=O)c1ccco1)OCc1nc(-c2ccc(C(F)(F)F)cc2)no1. The van der Waals surface area contributed by atoms with Crippen molar-refractivity contribution >= 4 is 11.9 Å². The minimum atomic E-state index is -4.44. The number of amides is 1. The van der Waals surface area contributed by atoms with Gasteiger partial charge in [0.2, 0.25) is 5.82 Å². The molecule has 2 heterocycles. The average Bonchev–Trinajstić information content (AvgIpc) is 3.35. The maximum atomic E-state index is 12.6. The number of nitrogens with zero attached hydrogens (tertiary/aromatic N) is 2. The molecule has 0 bridgehead atoms. The number of halogens is 3. The summed E-state index contributed by atoms with van der Waals surface area (Å²) in [5.74, 6) is -1.30. The zero-order valence-corrected chi connectivity index (χ0v) is 14.0. The fourth-order valence-electron chi connectivity index (χ4n) is 2.08. The van der Waals surface area contributed by atoms with Crippen LogP contribution >= 0.6 is 0 Å². The third kappa shape index (κ3) is 4.75. The number of esters is 1. The molecule has 3 aromatic rings. The van der Waals surface area contributed by atoms with Gasteiger partial charge in [-0.3, -0.25) is 9.59 Å². The lowest BCUT2D eigenvalue weighted by molar-refractivity contribution is -0.144. The fraction of sp³-hybridized carbons (Fsp3) is 0.176. The predicted molar refractivity (Wildman–Crippen MR) is 85.6 cm³/mol. The van der Waals surface area contributed by atoms with Gasteiger partial charge in [-0.15, -0.1) is 0 Å². The molecule has 3 rings (SSSR count). The van der Waals surface area contributed by atoms with E-state index in [1.165, 1.54) is 30.5 Å².